The van der Waals surface area contributed by atoms with E-state index in [-0.39, 0.29) is 0 Å². The quantitative estimate of drug-likeness (QED) is 0.170. The summed E-state index contributed by atoms with van der Waals surface area (Å²) in [6, 6.07) is 16.0. The van der Waals surface area contributed by atoms with Crippen LogP contribution in [0.2, 0.25) is 8.86 Å². The molecule has 0 N–H and O–H groups in total. The maximum absolute atomic E-state index is 5.32. The number of thiazole rings is 2. The SMILES string of the molecule is COc1ccc(-c2nc(-c3nc(-c4ccc(OC)cc4)c(C#[C][Hg][CH3])s3)sc2C#[C][Hg][CH3])cc1. The molecule has 2 heterocycles. The average molecular weight is 858 g/mol. The van der Waals surface area contributed by atoms with Crippen molar-refractivity contribution >= 4 is 22.7 Å². The summed E-state index contributed by atoms with van der Waals surface area (Å²) >= 11 is 1.07. The summed E-state index contributed by atoms with van der Waals surface area (Å²) in [7, 11) is 3.35. The fourth-order valence-corrected chi connectivity index (χ4v) is 8.91. The van der Waals surface area contributed by atoms with E-state index in [1.165, 1.54) is 0 Å². The standard InChI is InChI=1S/C24H14N2O2S2.2CH3.2Hg/c1-5-19-21(15-7-11-17(27-3)12-8-15)25-23(29-19)24-26-22(20(6-2)30-24)16-9-13-18(28-4)14-10-16;;;;/h7-14H,3-4H3;2*1H3;;. The molecule has 0 fully saturated rings. The molecule has 0 radical (unpaired) electrons. The zero-order valence-corrected chi connectivity index (χ0v) is 32.2. The third-order valence-corrected chi connectivity index (χ3v) is 11.1. The first kappa shape index (κ1) is 25.4. The molecule has 0 saturated heterocycles. The first-order chi connectivity index (χ1) is 16.7. The molecule has 0 aliphatic carbocycles. The number of methoxy groups -OCH3 is 2. The molecular formula is C26H20Hg2N2O2S2. The van der Waals surface area contributed by atoms with Gasteiger partial charge in [-0.2, -0.15) is 0 Å². The van der Waals surface area contributed by atoms with Crippen LogP contribution in [0.5, 0.6) is 11.5 Å². The van der Waals surface area contributed by atoms with Crippen molar-refractivity contribution in [3.8, 4) is 62.7 Å². The predicted octanol–water partition coefficient (Wildman–Crippen LogP) is 6.50. The van der Waals surface area contributed by atoms with Gasteiger partial charge in [0.2, 0.25) is 0 Å². The molecule has 0 aliphatic heterocycles. The Hall–Kier alpha value is -1.71. The van der Waals surface area contributed by atoms with Gasteiger partial charge in [0, 0.05) is 0 Å². The molecule has 0 amide bonds. The first-order valence-corrected chi connectivity index (χ1v) is 29.1. The maximum atomic E-state index is 5.32. The number of nitrogens with zero attached hydrogens (tertiary/aromatic N) is 2. The second-order valence-electron chi connectivity index (χ2n) is 7.16. The van der Waals surface area contributed by atoms with E-state index < -0.39 is 49.1 Å². The molecule has 2 aromatic carbocycles. The van der Waals surface area contributed by atoms with Crippen LogP contribution in [0.3, 0.4) is 0 Å². The number of hydrogen-bond acceptors (Lipinski definition) is 6. The van der Waals surface area contributed by atoms with Crippen LogP contribution in [0.4, 0.5) is 0 Å². The first-order valence-electron chi connectivity index (χ1n) is 10.9. The van der Waals surface area contributed by atoms with Crippen molar-refractivity contribution in [3.05, 3.63) is 58.3 Å². The van der Waals surface area contributed by atoms with E-state index in [1.54, 1.807) is 36.9 Å². The van der Waals surface area contributed by atoms with E-state index in [9.17, 15) is 0 Å². The topological polar surface area (TPSA) is 44.2 Å². The van der Waals surface area contributed by atoms with Crippen molar-refractivity contribution in [2.24, 2.45) is 0 Å². The van der Waals surface area contributed by atoms with Crippen LogP contribution in [0.1, 0.15) is 9.75 Å². The molecule has 2 aromatic heterocycles. The molecule has 4 aromatic rings. The van der Waals surface area contributed by atoms with Crippen molar-refractivity contribution in [3.63, 3.8) is 0 Å². The summed E-state index contributed by atoms with van der Waals surface area (Å²) < 4.78 is 22.0. The van der Waals surface area contributed by atoms with E-state index in [4.69, 9.17) is 19.4 Å². The Morgan fingerprint density at radius 1 is 0.647 bits per heavy atom. The third kappa shape index (κ3) is 5.91. The van der Waals surface area contributed by atoms with Gasteiger partial charge in [0.05, 0.1) is 0 Å². The van der Waals surface area contributed by atoms with Gasteiger partial charge in [0.15, 0.2) is 0 Å². The third-order valence-electron chi connectivity index (χ3n) is 4.92. The Morgan fingerprint density at radius 2 is 1.03 bits per heavy atom. The summed E-state index contributed by atoms with van der Waals surface area (Å²) in [5.74, 6) is 8.45. The monoisotopic (exact) mass is 860 g/mol. The van der Waals surface area contributed by atoms with Gasteiger partial charge in [-0.05, 0) is 0 Å². The second kappa shape index (κ2) is 12.3. The molecule has 8 heteroatoms. The van der Waals surface area contributed by atoms with Gasteiger partial charge in [0.25, 0.3) is 0 Å². The second-order valence-corrected chi connectivity index (χ2v) is 17.4. The minimum atomic E-state index is -1.08. The minimum absolute atomic E-state index is 0.825. The van der Waals surface area contributed by atoms with Crippen molar-refractivity contribution in [2.45, 2.75) is 8.86 Å². The van der Waals surface area contributed by atoms with E-state index in [1.807, 2.05) is 48.5 Å². The Balaban J connectivity index is 1.81. The van der Waals surface area contributed by atoms with Crippen molar-refractivity contribution in [1.29, 1.82) is 0 Å². The van der Waals surface area contributed by atoms with Gasteiger partial charge in [-0.1, -0.05) is 0 Å². The van der Waals surface area contributed by atoms with Crippen LogP contribution >= 0.6 is 22.7 Å². The molecule has 162 valence electrons. The van der Waals surface area contributed by atoms with Crippen LogP contribution in [-0.2, 0) is 49.1 Å². The van der Waals surface area contributed by atoms with Gasteiger partial charge in [-0.15, -0.1) is 0 Å². The molecule has 0 saturated carbocycles. The average Bonchev–Trinajstić information content (AvgIpc) is 3.51. The number of benzene rings is 2. The Labute approximate surface area is 233 Å². The summed E-state index contributed by atoms with van der Waals surface area (Å²) in [4.78, 5) is 12.0. The van der Waals surface area contributed by atoms with Crippen LogP contribution in [0.15, 0.2) is 48.5 Å². The summed E-state index contributed by atoms with van der Waals surface area (Å²) in [5.41, 5.74) is 3.90. The Bertz CT molecular complexity index is 1290. The molecule has 0 spiro atoms. The summed E-state index contributed by atoms with van der Waals surface area (Å²) in [5, 5.41) is 1.77. The summed E-state index contributed by atoms with van der Waals surface area (Å²) in [6.45, 7) is 0. The number of ether oxygens (including phenoxy) is 2. The van der Waals surface area contributed by atoms with Crippen molar-refractivity contribution in [2.75, 3.05) is 14.2 Å². The fourth-order valence-electron chi connectivity index (χ4n) is 3.22. The molecule has 0 atom stereocenters. The van der Waals surface area contributed by atoms with Gasteiger partial charge >= 0.3 is 235 Å². The Kier molecular flexibility index (Phi) is 9.19. The van der Waals surface area contributed by atoms with Crippen molar-refractivity contribution in [1.82, 2.24) is 9.97 Å². The fraction of sp³-hybridized carbons (Fsp3) is 0.154. The van der Waals surface area contributed by atoms with E-state index in [0.717, 1.165) is 53.8 Å². The van der Waals surface area contributed by atoms with E-state index in [0.29, 0.717) is 0 Å². The number of rotatable bonds is 5. The summed E-state index contributed by atoms with van der Waals surface area (Å²) in [6.07, 6.45) is 0. The number of aromatic nitrogens is 2. The molecule has 0 unspecified atom stereocenters. The molecular weight excluding hydrogens is 838 g/mol. The molecule has 34 heavy (non-hydrogen) atoms. The Morgan fingerprint density at radius 3 is 1.35 bits per heavy atom. The molecule has 0 aliphatic rings. The van der Waals surface area contributed by atoms with Crippen LogP contribution in [0, 0.1) is 18.7 Å². The van der Waals surface area contributed by atoms with Crippen molar-refractivity contribution < 1.29 is 58.6 Å². The van der Waals surface area contributed by atoms with Crippen LogP contribution in [-0.4, -0.2) is 24.2 Å². The number of hydrogen-bond donors (Lipinski definition) is 0. The zero-order chi connectivity index (χ0) is 23.9. The van der Waals surface area contributed by atoms with E-state index in [2.05, 4.69) is 27.6 Å². The van der Waals surface area contributed by atoms with Gasteiger partial charge in [0.1, 0.15) is 0 Å². The zero-order valence-electron chi connectivity index (χ0n) is 19.6. The van der Waals surface area contributed by atoms with Crippen LogP contribution < -0.4 is 9.47 Å². The van der Waals surface area contributed by atoms with Gasteiger partial charge < -0.3 is 0 Å². The van der Waals surface area contributed by atoms with Gasteiger partial charge in [-0.3, -0.25) is 0 Å². The molecule has 4 nitrogen and oxygen atoms in total. The van der Waals surface area contributed by atoms with E-state index >= 15 is 0 Å². The molecule has 0 bridgehead atoms. The van der Waals surface area contributed by atoms with Gasteiger partial charge in [-0.25, -0.2) is 0 Å². The predicted molar refractivity (Wildman–Crippen MR) is 133 cm³/mol. The molecule has 4 rings (SSSR count). The normalized spacial score (nSPS) is 9.65. The van der Waals surface area contributed by atoms with Crippen LogP contribution in [0.25, 0.3) is 32.5 Å².